The quantitative estimate of drug-likeness (QED) is 0.935. The highest BCUT2D eigenvalue weighted by atomic mass is 35.5. The molecule has 0 spiro atoms. The highest BCUT2D eigenvalue weighted by Crippen LogP contribution is 2.23. The van der Waals surface area contributed by atoms with Crippen molar-refractivity contribution in [2.75, 3.05) is 13.7 Å². The normalized spacial score (nSPS) is 16.5. The van der Waals surface area contributed by atoms with Crippen LogP contribution < -0.4 is 10.1 Å². The van der Waals surface area contributed by atoms with Gasteiger partial charge in [-0.1, -0.05) is 35.9 Å². The molecule has 1 aliphatic rings. The summed E-state index contributed by atoms with van der Waals surface area (Å²) >= 11 is 5.96. The van der Waals surface area contributed by atoms with E-state index in [1.165, 1.54) is 18.2 Å². The zero-order valence-corrected chi connectivity index (χ0v) is 13.6. The molecule has 2 aromatic rings. The number of ether oxygens (including phenoxy) is 2. The van der Waals surface area contributed by atoms with Gasteiger partial charge < -0.3 is 14.8 Å². The van der Waals surface area contributed by atoms with Crippen molar-refractivity contribution >= 4 is 17.5 Å². The van der Waals surface area contributed by atoms with Gasteiger partial charge in [0.05, 0.1) is 25.4 Å². The van der Waals surface area contributed by atoms with E-state index in [9.17, 15) is 4.79 Å². The number of fused-ring (bicyclic) bond motifs is 1. The Balaban J connectivity index is 1.63. The Labute approximate surface area is 140 Å². The lowest BCUT2D eigenvalue weighted by atomic mass is 9.99. The molecule has 0 aliphatic carbocycles. The third kappa shape index (κ3) is 3.66. The van der Waals surface area contributed by atoms with Crippen LogP contribution in [0.4, 0.5) is 0 Å². The second kappa shape index (κ2) is 7.02. The van der Waals surface area contributed by atoms with Gasteiger partial charge >= 0.3 is 0 Å². The van der Waals surface area contributed by atoms with Crippen LogP contribution in [0.2, 0.25) is 5.02 Å². The zero-order chi connectivity index (χ0) is 16.2. The van der Waals surface area contributed by atoms with Gasteiger partial charge in [-0.25, -0.2) is 0 Å². The second-order valence-corrected chi connectivity index (χ2v) is 5.90. The van der Waals surface area contributed by atoms with Gasteiger partial charge in [0.25, 0.3) is 5.91 Å². The minimum absolute atomic E-state index is 0.0287. The minimum atomic E-state index is -0.216. The van der Waals surface area contributed by atoms with Gasteiger partial charge in [-0.15, -0.1) is 0 Å². The number of hydrogen-bond donors (Lipinski definition) is 1. The molecule has 120 valence electrons. The number of halogens is 1. The van der Waals surface area contributed by atoms with Crippen LogP contribution in [0.15, 0.2) is 42.5 Å². The zero-order valence-electron chi connectivity index (χ0n) is 12.8. The highest BCUT2D eigenvalue weighted by molar-refractivity contribution is 6.31. The van der Waals surface area contributed by atoms with Gasteiger partial charge in [0.2, 0.25) is 0 Å². The first kappa shape index (κ1) is 15.8. The largest absolute Gasteiger partial charge is 0.496 e. The van der Waals surface area contributed by atoms with E-state index < -0.39 is 0 Å². The van der Waals surface area contributed by atoms with Crippen LogP contribution in [-0.4, -0.2) is 25.7 Å². The van der Waals surface area contributed by atoms with Crippen LogP contribution in [0.3, 0.4) is 0 Å². The molecular formula is C18H18ClNO3. The molecule has 0 radical (unpaired) electrons. The highest BCUT2D eigenvalue weighted by Gasteiger charge is 2.20. The van der Waals surface area contributed by atoms with E-state index in [-0.39, 0.29) is 12.0 Å². The number of rotatable bonds is 4. The van der Waals surface area contributed by atoms with Gasteiger partial charge in [-0.2, -0.15) is 0 Å². The first-order chi connectivity index (χ1) is 11.2. The third-order valence-electron chi connectivity index (χ3n) is 3.94. The molecule has 4 nitrogen and oxygen atoms in total. The lowest BCUT2D eigenvalue weighted by Gasteiger charge is -2.25. The van der Waals surface area contributed by atoms with Crippen molar-refractivity contribution in [3.05, 3.63) is 64.2 Å². The molecule has 23 heavy (non-hydrogen) atoms. The van der Waals surface area contributed by atoms with Crippen LogP contribution in [-0.2, 0) is 17.8 Å². The molecule has 1 unspecified atom stereocenters. The number of hydrogen-bond acceptors (Lipinski definition) is 3. The van der Waals surface area contributed by atoms with E-state index in [1.54, 1.807) is 18.2 Å². The van der Waals surface area contributed by atoms with Crippen molar-refractivity contribution in [3.8, 4) is 5.75 Å². The predicted molar refractivity (Wildman–Crippen MR) is 89.1 cm³/mol. The lowest BCUT2D eigenvalue weighted by Crippen LogP contribution is -2.36. The van der Waals surface area contributed by atoms with Gasteiger partial charge in [0.1, 0.15) is 5.75 Å². The van der Waals surface area contributed by atoms with E-state index in [0.717, 1.165) is 6.42 Å². The molecule has 0 bridgehead atoms. The number of nitrogens with one attached hydrogen (secondary N) is 1. The van der Waals surface area contributed by atoms with Gasteiger partial charge in [0.15, 0.2) is 0 Å². The van der Waals surface area contributed by atoms with Crippen molar-refractivity contribution < 1.29 is 14.3 Å². The average Bonchev–Trinajstić information content (AvgIpc) is 2.59. The number of carbonyl (C=O) groups excluding carboxylic acids is 1. The molecule has 5 heteroatoms. The van der Waals surface area contributed by atoms with Crippen LogP contribution in [0.25, 0.3) is 0 Å². The van der Waals surface area contributed by atoms with Crippen LogP contribution in [0.5, 0.6) is 5.75 Å². The molecule has 0 aromatic heterocycles. The monoisotopic (exact) mass is 331 g/mol. The Hall–Kier alpha value is -2.04. The molecule has 2 aromatic carbocycles. The van der Waals surface area contributed by atoms with E-state index in [4.69, 9.17) is 21.1 Å². The van der Waals surface area contributed by atoms with Crippen LogP contribution >= 0.6 is 11.6 Å². The van der Waals surface area contributed by atoms with Crippen molar-refractivity contribution in [2.24, 2.45) is 0 Å². The Kier molecular flexibility index (Phi) is 4.84. The molecule has 0 fully saturated rings. The number of benzene rings is 2. The smallest absolute Gasteiger partial charge is 0.255 e. The topological polar surface area (TPSA) is 47.6 Å². The van der Waals surface area contributed by atoms with E-state index in [1.807, 2.05) is 12.1 Å². The molecule has 1 amide bonds. The summed E-state index contributed by atoms with van der Waals surface area (Å²) in [5.41, 5.74) is 2.92. The first-order valence-electron chi connectivity index (χ1n) is 7.47. The maximum Gasteiger partial charge on any atom is 0.255 e. The molecule has 0 saturated heterocycles. The Bertz CT molecular complexity index is 717. The standard InChI is InChI=1S/C18H18ClNO3/c1-22-17-7-6-14(19)9-16(17)18(21)20-10-15-8-12-4-2-3-5-13(12)11-23-15/h2-7,9,15H,8,10-11H2,1H3,(H,20,21). The molecular weight excluding hydrogens is 314 g/mol. The summed E-state index contributed by atoms with van der Waals surface area (Å²) in [4.78, 5) is 12.4. The fourth-order valence-electron chi connectivity index (χ4n) is 2.70. The van der Waals surface area contributed by atoms with Crippen molar-refractivity contribution in [1.29, 1.82) is 0 Å². The molecule has 1 aliphatic heterocycles. The molecule has 0 saturated carbocycles. The summed E-state index contributed by atoms with van der Waals surface area (Å²) in [6.45, 7) is 1.03. The maximum absolute atomic E-state index is 12.4. The predicted octanol–water partition coefficient (Wildman–Crippen LogP) is 3.22. The van der Waals surface area contributed by atoms with Crippen molar-refractivity contribution in [3.63, 3.8) is 0 Å². The number of carbonyl (C=O) groups is 1. The number of amides is 1. The maximum atomic E-state index is 12.4. The molecule has 1 N–H and O–H groups in total. The summed E-state index contributed by atoms with van der Waals surface area (Å²) in [6, 6.07) is 13.2. The Morgan fingerprint density at radius 2 is 2.09 bits per heavy atom. The minimum Gasteiger partial charge on any atom is -0.496 e. The lowest BCUT2D eigenvalue weighted by molar-refractivity contribution is 0.0284. The molecule has 1 atom stereocenters. The second-order valence-electron chi connectivity index (χ2n) is 5.46. The number of methoxy groups -OCH3 is 1. The van der Waals surface area contributed by atoms with Crippen LogP contribution in [0.1, 0.15) is 21.5 Å². The molecule has 1 heterocycles. The third-order valence-corrected chi connectivity index (χ3v) is 4.17. The summed E-state index contributed by atoms with van der Waals surface area (Å²) in [7, 11) is 1.53. The van der Waals surface area contributed by atoms with Crippen LogP contribution in [0, 0.1) is 0 Å². The summed E-state index contributed by atoms with van der Waals surface area (Å²) in [5.74, 6) is 0.286. The molecule has 3 rings (SSSR count). The van der Waals surface area contributed by atoms with Crippen molar-refractivity contribution in [2.45, 2.75) is 19.1 Å². The fraction of sp³-hybridized carbons (Fsp3) is 0.278. The fourth-order valence-corrected chi connectivity index (χ4v) is 2.87. The van der Waals surface area contributed by atoms with Gasteiger partial charge in [-0.3, -0.25) is 4.79 Å². The summed E-state index contributed by atoms with van der Waals surface area (Å²) in [5, 5.41) is 3.40. The Morgan fingerprint density at radius 3 is 2.87 bits per heavy atom. The SMILES string of the molecule is COc1ccc(Cl)cc1C(=O)NCC1Cc2ccccc2CO1. The van der Waals surface area contributed by atoms with E-state index in [0.29, 0.717) is 29.5 Å². The van der Waals surface area contributed by atoms with Gasteiger partial charge in [0, 0.05) is 18.0 Å². The summed E-state index contributed by atoms with van der Waals surface area (Å²) in [6.07, 6.45) is 0.766. The van der Waals surface area contributed by atoms with Crippen molar-refractivity contribution in [1.82, 2.24) is 5.32 Å². The van der Waals surface area contributed by atoms with Gasteiger partial charge in [-0.05, 0) is 29.3 Å². The summed E-state index contributed by atoms with van der Waals surface area (Å²) < 4.78 is 11.0. The first-order valence-corrected chi connectivity index (χ1v) is 7.85. The van der Waals surface area contributed by atoms with E-state index in [2.05, 4.69) is 17.4 Å². The van der Waals surface area contributed by atoms with E-state index >= 15 is 0 Å². The average molecular weight is 332 g/mol. The Morgan fingerprint density at radius 1 is 1.30 bits per heavy atom.